The molecule has 0 aliphatic heterocycles. The third kappa shape index (κ3) is 2.61. The van der Waals surface area contributed by atoms with Crippen molar-refractivity contribution in [1.29, 1.82) is 0 Å². The van der Waals surface area contributed by atoms with Crippen LogP contribution in [0.3, 0.4) is 0 Å². The van der Waals surface area contributed by atoms with E-state index < -0.39 is 11.3 Å². The van der Waals surface area contributed by atoms with Crippen molar-refractivity contribution in [2.45, 2.75) is 38.7 Å². The Morgan fingerprint density at radius 1 is 1.38 bits per heavy atom. The third-order valence-corrected chi connectivity index (χ3v) is 2.33. The summed E-state index contributed by atoms with van der Waals surface area (Å²) in [6.07, 6.45) is -0.468. The van der Waals surface area contributed by atoms with E-state index in [0.717, 1.165) is 0 Å². The Bertz CT molecular complexity index is 172. The van der Waals surface area contributed by atoms with E-state index in [2.05, 4.69) is 0 Å². The van der Waals surface area contributed by atoms with E-state index in [4.69, 9.17) is 9.84 Å². The highest BCUT2D eigenvalue weighted by molar-refractivity contribution is 4.98. The number of halogens is 2. The average Bonchev–Trinajstić information content (AvgIpc) is 1.96. The topological polar surface area (TPSA) is 29.5 Å². The second kappa shape index (κ2) is 3.50. The van der Waals surface area contributed by atoms with Gasteiger partial charge in [-0.2, -0.15) is 0 Å². The zero-order valence-corrected chi connectivity index (χ0v) is 8.02. The fourth-order valence-electron chi connectivity index (χ4n) is 1.65. The molecule has 0 aromatic carbocycles. The number of hydrogen-bond donors (Lipinski definition) is 1. The molecule has 0 atom stereocenters. The Kier molecular flexibility index (Phi) is 2.92. The summed E-state index contributed by atoms with van der Waals surface area (Å²) in [6.45, 7) is 3.72. The van der Waals surface area contributed by atoms with Crippen LogP contribution in [0.25, 0.3) is 0 Å². The summed E-state index contributed by atoms with van der Waals surface area (Å²) in [5.41, 5.74) is -0.687. The van der Waals surface area contributed by atoms with Gasteiger partial charge in [0.15, 0.2) is 0 Å². The van der Waals surface area contributed by atoms with Gasteiger partial charge in [-0.3, -0.25) is 0 Å². The van der Waals surface area contributed by atoms with Crippen molar-refractivity contribution in [2.75, 3.05) is 13.2 Å². The zero-order chi connectivity index (χ0) is 10.1. The SMILES string of the molecule is CC(C)OCC1(CO)CC(F)(F)C1. The molecule has 0 saturated heterocycles. The van der Waals surface area contributed by atoms with Crippen molar-refractivity contribution in [1.82, 2.24) is 0 Å². The van der Waals surface area contributed by atoms with E-state index in [1.807, 2.05) is 13.8 Å². The number of aliphatic hydroxyl groups excluding tert-OH is 1. The highest BCUT2D eigenvalue weighted by atomic mass is 19.3. The van der Waals surface area contributed by atoms with E-state index in [0.29, 0.717) is 0 Å². The summed E-state index contributed by atoms with van der Waals surface area (Å²) >= 11 is 0. The van der Waals surface area contributed by atoms with Crippen LogP contribution in [0.15, 0.2) is 0 Å². The first-order valence-electron chi connectivity index (χ1n) is 4.49. The van der Waals surface area contributed by atoms with Crippen molar-refractivity contribution in [3.8, 4) is 0 Å². The Hall–Kier alpha value is -0.220. The highest BCUT2D eigenvalue weighted by Gasteiger charge is 2.56. The minimum Gasteiger partial charge on any atom is -0.396 e. The van der Waals surface area contributed by atoms with Crippen molar-refractivity contribution in [2.24, 2.45) is 5.41 Å². The van der Waals surface area contributed by atoms with Crippen LogP contribution in [0.5, 0.6) is 0 Å². The van der Waals surface area contributed by atoms with E-state index in [1.165, 1.54) is 0 Å². The van der Waals surface area contributed by atoms with Gasteiger partial charge in [-0.25, -0.2) is 8.78 Å². The Labute approximate surface area is 76.9 Å². The first kappa shape index (κ1) is 10.9. The van der Waals surface area contributed by atoms with Crippen molar-refractivity contribution in [3.05, 3.63) is 0 Å². The molecule has 0 spiro atoms. The van der Waals surface area contributed by atoms with Gasteiger partial charge in [-0.05, 0) is 13.8 Å². The average molecular weight is 194 g/mol. The standard InChI is InChI=1S/C9H16F2O2/c1-7(2)13-6-8(5-12)3-9(10,11)4-8/h7,12H,3-6H2,1-2H3. The van der Waals surface area contributed by atoms with Gasteiger partial charge in [0.2, 0.25) is 5.92 Å². The summed E-state index contributed by atoms with van der Waals surface area (Å²) in [7, 11) is 0. The molecule has 1 saturated carbocycles. The van der Waals surface area contributed by atoms with Crippen molar-refractivity contribution in [3.63, 3.8) is 0 Å². The second-order valence-electron chi connectivity index (χ2n) is 4.23. The molecule has 0 radical (unpaired) electrons. The first-order valence-corrected chi connectivity index (χ1v) is 4.49. The molecule has 4 heteroatoms. The largest absolute Gasteiger partial charge is 0.396 e. The Morgan fingerprint density at radius 2 is 1.92 bits per heavy atom. The molecular formula is C9H16F2O2. The molecule has 78 valence electrons. The van der Waals surface area contributed by atoms with Crippen LogP contribution in [0.2, 0.25) is 0 Å². The maximum Gasteiger partial charge on any atom is 0.249 e. The van der Waals surface area contributed by atoms with Gasteiger partial charge in [-0.1, -0.05) is 0 Å². The van der Waals surface area contributed by atoms with Gasteiger partial charge in [-0.15, -0.1) is 0 Å². The van der Waals surface area contributed by atoms with Crippen LogP contribution in [-0.2, 0) is 4.74 Å². The van der Waals surface area contributed by atoms with Crippen molar-refractivity contribution >= 4 is 0 Å². The second-order valence-corrected chi connectivity index (χ2v) is 4.23. The molecular weight excluding hydrogens is 178 g/mol. The van der Waals surface area contributed by atoms with Gasteiger partial charge in [0.05, 0.1) is 19.3 Å². The molecule has 1 rings (SSSR count). The number of alkyl halides is 2. The fraction of sp³-hybridized carbons (Fsp3) is 1.00. The number of ether oxygens (including phenoxy) is 1. The van der Waals surface area contributed by atoms with Gasteiger partial charge in [0.25, 0.3) is 0 Å². The van der Waals surface area contributed by atoms with E-state index in [9.17, 15) is 8.78 Å². The van der Waals surface area contributed by atoms with E-state index >= 15 is 0 Å². The van der Waals surface area contributed by atoms with Crippen LogP contribution in [0.4, 0.5) is 8.78 Å². The molecule has 1 aliphatic rings. The van der Waals surface area contributed by atoms with Crippen LogP contribution in [0.1, 0.15) is 26.7 Å². The van der Waals surface area contributed by atoms with E-state index in [-0.39, 0.29) is 32.2 Å². The molecule has 0 aromatic heterocycles. The molecule has 2 nitrogen and oxygen atoms in total. The van der Waals surface area contributed by atoms with Crippen LogP contribution >= 0.6 is 0 Å². The van der Waals surface area contributed by atoms with Gasteiger partial charge in [0, 0.05) is 18.3 Å². The quantitative estimate of drug-likeness (QED) is 0.739. The monoisotopic (exact) mass is 194 g/mol. The number of hydrogen-bond acceptors (Lipinski definition) is 2. The molecule has 1 aliphatic carbocycles. The van der Waals surface area contributed by atoms with Gasteiger partial charge in [0.1, 0.15) is 0 Å². The molecule has 0 bridgehead atoms. The lowest BCUT2D eigenvalue weighted by atomic mass is 9.67. The zero-order valence-electron chi connectivity index (χ0n) is 8.02. The van der Waals surface area contributed by atoms with Gasteiger partial charge < -0.3 is 9.84 Å². The highest BCUT2D eigenvalue weighted by Crippen LogP contribution is 2.51. The maximum absolute atomic E-state index is 12.6. The molecule has 0 unspecified atom stereocenters. The molecule has 13 heavy (non-hydrogen) atoms. The fourth-order valence-corrected chi connectivity index (χ4v) is 1.65. The predicted molar refractivity (Wildman–Crippen MR) is 44.8 cm³/mol. The summed E-state index contributed by atoms with van der Waals surface area (Å²) < 4.78 is 30.4. The summed E-state index contributed by atoms with van der Waals surface area (Å²) in [4.78, 5) is 0. The molecule has 0 amide bonds. The number of aliphatic hydroxyl groups is 1. The minimum absolute atomic E-state index is 0.0256. The first-order chi connectivity index (χ1) is 5.89. The predicted octanol–water partition coefficient (Wildman–Crippen LogP) is 1.82. The Balaban J connectivity index is 2.37. The van der Waals surface area contributed by atoms with E-state index in [1.54, 1.807) is 0 Å². The third-order valence-electron chi connectivity index (χ3n) is 2.33. The lowest BCUT2D eigenvalue weighted by molar-refractivity contribution is -0.201. The van der Waals surface area contributed by atoms with Crippen LogP contribution in [0, 0.1) is 5.41 Å². The minimum atomic E-state index is -2.59. The Morgan fingerprint density at radius 3 is 2.23 bits per heavy atom. The number of rotatable bonds is 4. The van der Waals surface area contributed by atoms with Crippen molar-refractivity contribution < 1.29 is 18.6 Å². The maximum atomic E-state index is 12.6. The molecule has 0 heterocycles. The van der Waals surface area contributed by atoms with Gasteiger partial charge >= 0.3 is 0 Å². The molecule has 1 fully saturated rings. The van der Waals surface area contributed by atoms with Crippen LogP contribution in [-0.4, -0.2) is 30.3 Å². The molecule has 0 aromatic rings. The summed E-state index contributed by atoms with van der Waals surface area (Å²) in [5, 5.41) is 8.97. The summed E-state index contributed by atoms with van der Waals surface area (Å²) in [5.74, 6) is -2.59. The lowest BCUT2D eigenvalue weighted by Gasteiger charge is -2.46. The lowest BCUT2D eigenvalue weighted by Crippen LogP contribution is -2.51. The normalized spacial score (nSPS) is 24.5. The molecule has 1 N–H and O–H groups in total. The summed E-state index contributed by atoms with van der Waals surface area (Å²) in [6, 6.07) is 0. The smallest absolute Gasteiger partial charge is 0.249 e. The van der Waals surface area contributed by atoms with Crippen LogP contribution < -0.4 is 0 Å².